The highest BCUT2D eigenvalue weighted by molar-refractivity contribution is 5.46. The van der Waals surface area contributed by atoms with Crippen LogP contribution in [0, 0.1) is 11.6 Å². The molecule has 2 aliphatic rings. The van der Waals surface area contributed by atoms with Crippen molar-refractivity contribution in [2.45, 2.75) is 51.2 Å². The first-order valence-corrected chi connectivity index (χ1v) is 10.2. The third-order valence-electron chi connectivity index (χ3n) is 6.01. The van der Waals surface area contributed by atoms with E-state index < -0.39 is 29.5 Å². The van der Waals surface area contributed by atoms with Crippen molar-refractivity contribution >= 4 is 0 Å². The number of ether oxygens (including phenoxy) is 1. The molecule has 1 saturated heterocycles. The fourth-order valence-electron chi connectivity index (χ4n) is 4.54. The predicted octanol–water partition coefficient (Wildman–Crippen LogP) is 1.70. The highest BCUT2D eigenvalue weighted by Gasteiger charge is 2.38. The van der Waals surface area contributed by atoms with Crippen molar-refractivity contribution in [2.75, 3.05) is 6.61 Å². The van der Waals surface area contributed by atoms with Gasteiger partial charge < -0.3 is 15.0 Å². The molecule has 0 spiro atoms. The lowest BCUT2D eigenvalue weighted by molar-refractivity contribution is -0.0535. The van der Waals surface area contributed by atoms with Crippen LogP contribution in [0.3, 0.4) is 0 Å². The van der Waals surface area contributed by atoms with Gasteiger partial charge in [-0.15, -0.1) is 0 Å². The molecule has 31 heavy (non-hydrogen) atoms. The Balaban J connectivity index is 1.32. The minimum Gasteiger partial charge on any atom is -0.370 e. The van der Waals surface area contributed by atoms with Crippen LogP contribution in [0.1, 0.15) is 36.4 Å². The zero-order chi connectivity index (χ0) is 21.7. The van der Waals surface area contributed by atoms with Crippen LogP contribution in [-0.2, 0) is 24.4 Å². The molecule has 11 heteroatoms. The van der Waals surface area contributed by atoms with Crippen molar-refractivity contribution in [3.63, 3.8) is 0 Å². The topological polar surface area (TPSA) is 115 Å². The molecule has 3 N–H and O–H groups in total. The van der Waals surface area contributed by atoms with Crippen LogP contribution < -0.4 is 11.5 Å². The van der Waals surface area contributed by atoms with Crippen molar-refractivity contribution in [3.8, 4) is 11.6 Å². The summed E-state index contributed by atoms with van der Waals surface area (Å²) in [6, 6.07) is 2.88. The number of halogens is 2. The lowest BCUT2D eigenvalue weighted by Crippen LogP contribution is -2.47. The molecule has 0 amide bonds. The molecule has 0 saturated carbocycles. The summed E-state index contributed by atoms with van der Waals surface area (Å²) in [4.78, 5) is 20.7. The number of nitrogens with two attached hydrogens (primary N) is 1. The summed E-state index contributed by atoms with van der Waals surface area (Å²) in [5, 5.41) is 3.74. The second-order valence-corrected chi connectivity index (χ2v) is 7.89. The van der Waals surface area contributed by atoms with E-state index in [0.29, 0.717) is 44.3 Å². The fraction of sp³-hybridized carbons (Fsp3) is 0.450. The van der Waals surface area contributed by atoms with Gasteiger partial charge in [-0.2, -0.15) is 0 Å². The number of rotatable bonds is 4. The van der Waals surface area contributed by atoms with Crippen LogP contribution in [0.15, 0.2) is 27.5 Å². The van der Waals surface area contributed by atoms with Gasteiger partial charge in [-0.05, 0) is 31.5 Å². The average molecular weight is 432 g/mol. The Morgan fingerprint density at radius 2 is 2.16 bits per heavy atom. The SMILES string of the molecule is CCn1c(-c2noc(=O)[nH]2)nc2c1CN([C@H]1CO[C@H](c3cc(F)ccc3F)[C@@H](N)C1)C2. The van der Waals surface area contributed by atoms with Gasteiger partial charge in [0.1, 0.15) is 17.7 Å². The first-order valence-electron chi connectivity index (χ1n) is 10.2. The van der Waals surface area contributed by atoms with E-state index in [9.17, 15) is 13.6 Å². The Hall–Kier alpha value is -2.89. The molecule has 5 rings (SSSR count). The molecular weight excluding hydrogens is 410 g/mol. The maximum atomic E-state index is 14.2. The molecule has 2 aliphatic heterocycles. The van der Waals surface area contributed by atoms with E-state index in [0.717, 1.165) is 29.6 Å². The lowest BCUT2D eigenvalue weighted by Gasteiger charge is -2.38. The molecule has 3 aromatic rings. The molecule has 1 fully saturated rings. The molecule has 3 atom stereocenters. The average Bonchev–Trinajstić information content (AvgIpc) is 3.43. The van der Waals surface area contributed by atoms with Crippen LogP contribution in [0.25, 0.3) is 11.6 Å². The number of H-pyrrole nitrogens is 1. The van der Waals surface area contributed by atoms with Crippen molar-refractivity contribution in [1.29, 1.82) is 0 Å². The van der Waals surface area contributed by atoms with Gasteiger partial charge >= 0.3 is 5.76 Å². The number of hydrogen-bond acceptors (Lipinski definition) is 7. The van der Waals surface area contributed by atoms with Crippen LogP contribution in [0.2, 0.25) is 0 Å². The van der Waals surface area contributed by atoms with Crippen molar-refractivity contribution < 1.29 is 18.0 Å². The van der Waals surface area contributed by atoms with Crippen LogP contribution >= 0.6 is 0 Å². The molecule has 1 aromatic carbocycles. The summed E-state index contributed by atoms with van der Waals surface area (Å²) in [6.07, 6.45) is -0.101. The number of nitrogens with zero attached hydrogens (tertiary/aromatic N) is 4. The molecule has 0 unspecified atom stereocenters. The quantitative estimate of drug-likeness (QED) is 0.645. The minimum absolute atomic E-state index is 0.0256. The Labute approximate surface area is 175 Å². The molecule has 2 aromatic heterocycles. The van der Waals surface area contributed by atoms with Gasteiger partial charge in [0, 0.05) is 37.3 Å². The number of aromatic amines is 1. The lowest BCUT2D eigenvalue weighted by atomic mass is 9.93. The number of aromatic nitrogens is 4. The summed E-state index contributed by atoms with van der Waals surface area (Å²) in [5.74, 6) is -0.795. The fourth-order valence-corrected chi connectivity index (χ4v) is 4.54. The first kappa shape index (κ1) is 20.0. The molecule has 164 valence electrons. The van der Waals surface area contributed by atoms with E-state index in [4.69, 9.17) is 10.5 Å². The van der Waals surface area contributed by atoms with E-state index in [1.165, 1.54) is 0 Å². The van der Waals surface area contributed by atoms with Gasteiger partial charge in [-0.1, -0.05) is 5.16 Å². The predicted molar refractivity (Wildman–Crippen MR) is 105 cm³/mol. The zero-order valence-corrected chi connectivity index (χ0v) is 16.8. The summed E-state index contributed by atoms with van der Waals surface area (Å²) >= 11 is 0. The number of imidazole rings is 1. The van der Waals surface area contributed by atoms with Crippen molar-refractivity contribution in [3.05, 3.63) is 57.3 Å². The summed E-state index contributed by atoms with van der Waals surface area (Å²) < 4.78 is 40.3. The standard InChI is InChI=1S/C20H22F2N6O3/c1-2-28-16-8-27(7-15(16)24-19(28)18-25-20(29)31-26-18)11-6-14(23)17(30-9-11)12-5-10(21)3-4-13(12)22/h3-5,11,14,17H,2,6-9,23H2,1H3,(H,25,26,29)/t11-,14+,17-/m1/s1. The van der Waals surface area contributed by atoms with Gasteiger partial charge in [0.25, 0.3) is 0 Å². The number of fused-ring (bicyclic) bond motifs is 1. The Morgan fingerprint density at radius 1 is 1.32 bits per heavy atom. The third-order valence-corrected chi connectivity index (χ3v) is 6.01. The van der Waals surface area contributed by atoms with Crippen LogP contribution in [0.4, 0.5) is 8.78 Å². The number of nitrogens with one attached hydrogen (secondary N) is 1. The van der Waals surface area contributed by atoms with E-state index in [1.807, 2.05) is 11.5 Å². The van der Waals surface area contributed by atoms with Gasteiger partial charge in [0.15, 0.2) is 5.82 Å². The summed E-state index contributed by atoms with van der Waals surface area (Å²) in [6.45, 7) is 4.23. The molecule has 4 heterocycles. The molecule has 0 radical (unpaired) electrons. The molecular formula is C20H22F2N6O3. The van der Waals surface area contributed by atoms with Crippen LogP contribution in [-0.4, -0.2) is 43.3 Å². The van der Waals surface area contributed by atoms with Crippen LogP contribution in [0.5, 0.6) is 0 Å². The summed E-state index contributed by atoms with van der Waals surface area (Å²) in [5.41, 5.74) is 8.40. The smallest absolute Gasteiger partial charge is 0.370 e. The Kier molecular flexibility index (Phi) is 4.95. The van der Waals surface area contributed by atoms with E-state index >= 15 is 0 Å². The third kappa shape index (κ3) is 3.48. The Morgan fingerprint density at radius 3 is 2.87 bits per heavy atom. The molecule has 0 aliphatic carbocycles. The number of benzene rings is 1. The zero-order valence-electron chi connectivity index (χ0n) is 16.8. The minimum atomic E-state index is -0.685. The van der Waals surface area contributed by atoms with Crippen molar-refractivity contribution in [2.24, 2.45) is 5.73 Å². The first-order chi connectivity index (χ1) is 14.9. The molecule has 0 bridgehead atoms. The second-order valence-electron chi connectivity index (χ2n) is 7.89. The van der Waals surface area contributed by atoms with E-state index in [2.05, 4.69) is 24.5 Å². The monoisotopic (exact) mass is 432 g/mol. The second kappa shape index (κ2) is 7.66. The summed E-state index contributed by atoms with van der Waals surface area (Å²) in [7, 11) is 0. The maximum Gasteiger partial charge on any atom is 0.439 e. The van der Waals surface area contributed by atoms with Gasteiger partial charge in [0.2, 0.25) is 5.82 Å². The van der Waals surface area contributed by atoms with Gasteiger partial charge in [-0.3, -0.25) is 14.4 Å². The maximum absolute atomic E-state index is 14.2. The normalized spacial score (nSPS) is 23.9. The van der Waals surface area contributed by atoms with Gasteiger partial charge in [0.05, 0.1) is 18.0 Å². The highest BCUT2D eigenvalue weighted by atomic mass is 19.1. The largest absolute Gasteiger partial charge is 0.439 e. The van der Waals surface area contributed by atoms with Gasteiger partial charge in [-0.25, -0.2) is 18.6 Å². The number of hydrogen-bond donors (Lipinski definition) is 2. The Bertz CT molecular complexity index is 1170. The van der Waals surface area contributed by atoms with E-state index in [-0.39, 0.29) is 11.6 Å². The molecule has 9 nitrogen and oxygen atoms in total. The highest BCUT2D eigenvalue weighted by Crippen LogP contribution is 2.35. The van der Waals surface area contributed by atoms with E-state index in [1.54, 1.807) is 0 Å². The van der Waals surface area contributed by atoms with Crippen molar-refractivity contribution in [1.82, 2.24) is 24.6 Å².